The minimum Gasteiger partial charge on any atom is -0.478 e. The van der Waals surface area contributed by atoms with E-state index in [-0.39, 0.29) is 5.56 Å². The second-order valence-electron chi connectivity index (χ2n) is 4.44. The van der Waals surface area contributed by atoms with E-state index >= 15 is 0 Å². The van der Waals surface area contributed by atoms with Crippen LogP contribution in [0.4, 0.5) is 5.69 Å². The Labute approximate surface area is 114 Å². The molecule has 0 aliphatic carbocycles. The van der Waals surface area contributed by atoms with Gasteiger partial charge < -0.3 is 15.2 Å². The Morgan fingerprint density at radius 1 is 1.56 bits per heavy atom. The van der Waals surface area contributed by atoms with E-state index in [1.165, 1.54) is 0 Å². The van der Waals surface area contributed by atoms with E-state index < -0.39 is 5.97 Å². The topological polar surface area (TPSA) is 58.6 Å². The van der Waals surface area contributed by atoms with Gasteiger partial charge in [-0.2, -0.15) is 0 Å². The molecule has 1 aliphatic rings. The van der Waals surface area contributed by atoms with Gasteiger partial charge in [-0.1, -0.05) is 0 Å². The summed E-state index contributed by atoms with van der Waals surface area (Å²) in [5.74, 6) is -0.268. The lowest BCUT2D eigenvalue weighted by Crippen LogP contribution is -2.09. The number of carboxylic acid groups (broad SMARTS) is 1. The predicted molar refractivity (Wildman–Crippen MR) is 73.1 cm³/mol. The van der Waals surface area contributed by atoms with E-state index in [2.05, 4.69) is 21.2 Å². The fraction of sp³-hybridized carbons (Fsp3) is 0.462. The zero-order valence-electron chi connectivity index (χ0n) is 9.99. The molecule has 1 fully saturated rings. The standard InChI is InChI=1S/C13H16BrNO3/c14-12-7-10(1-2-11(12)13(16)17)15-5-3-9-4-6-18-8-9/h1-2,7,9,15H,3-6,8H2,(H,16,17). The van der Waals surface area contributed by atoms with Crippen molar-refractivity contribution in [2.75, 3.05) is 25.1 Å². The van der Waals surface area contributed by atoms with Crippen LogP contribution in [0.15, 0.2) is 22.7 Å². The molecular weight excluding hydrogens is 298 g/mol. The molecule has 18 heavy (non-hydrogen) atoms. The van der Waals surface area contributed by atoms with Crippen LogP contribution in [0.25, 0.3) is 0 Å². The van der Waals surface area contributed by atoms with Crippen molar-refractivity contribution in [3.05, 3.63) is 28.2 Å². The fourth-order valence-electron chi connectivity index (χ4n) is 2.03. The number of carboxylic acids is 1. The summed E-state index contributed by atoms with van der Waals surface area (Å²) in [6, 6.07) is 5.20. The quantitative estimate of drug-likeness (QED) is 0.877. The highest BCUT2D eigenvalue weighted by atomic mass is 79.9. The number of carbonyl (C=O) groups is 1. The van der Waals surface area contributed by atoms with Gasteiger partial charge in [0.1, 0.15) is 0 Å². The number of nitrogens with one attached hydrogen (secondary N) is 1. The van der Waals surface area contributed by atoms with Crippen LogP contribution in [0.1, 0.15) is 23.2 Å². The van der Waals surface area contributed by atoms with E-state index in [9.17, 15) is 4.79 Å². The Balaban J connectivity index is 1.85. The minimum atomic E-state index is -0.920. The first-order valence-electron chi connectivity index (χ1n) is 6.01. The van der Waals surface area contributed by atoms with Crippen molar-refractivity contribution in [2.45, 2.75) is 12.8 Å². The number of ether oxygens (including phenoxy) is 1. The lowest BCUT2D eigenvalue weighted by atomic mass is 10.1. The average molecular weight is 314 g/mol. The van der Waals surface area contributed by atoms with E-state index in [1.807, 2.05) is 0 Å². The maximum atomic E-state index is 10.9. The Hall–Kier alpha value is -1.07. The van der Waals surface area contributed by atoms with Crippen molar-refractivity contribution in [2.24, 2.45) is 5.92 Å². The molecule has 0 radical (unpaired) electrons. The van der Waals surface area contributed by atoms with Gasteiger partial charge in [0.15, 0.2) is 0 Å². The fourth-order valence-corrected chi connectivity index (χ4v) is 2.58. The summed E-state index contributed by atoms with van der Waals surface area (Å²) >= 11 is 3.27. The molecule has 0 amide bonds. The largest absolute Gasteiger partial charge is 0.478 e. The molecule has 2 rings (SSSR count). The van der Waals surface area contributed by atoms with E-state index in [4.69, 9.17) is 9.84 Å². The van der Waals surface area contributed by atoms with Crippen LogP contribution >= 0.6 is 15.9 Å². The van der Waals surface area contributed by atoms with Crippen LogP contribution in [0, 0.1) is 5.92 Å². The lowest BCUT2D eigenvalue weighted by molar-refractivity contribution is 0.0696. The van der Waals surface area contributed by atoms with E-state index in [0.29, 0.717) is 10.4 Å². The summed E-state index contributed by atoms with van der Waals surface area (Å²) in [6.45, 7) is 2.62. The SMILES string of the molecule is O=C(O)c1ccc(NCCC2CCOC2)cc1Br. The van der Waals surface area contributed by atoms with Gasteiger partial charge in [0, 0.05) is 29.9 Å². The normalized spacial score (nSPS) is 18.8. The smallest absolute Gasteiger partial charge is 0.336 e. The van der Waals surface area contributed by atoms with Gasteiger partial charge in [0.2, 0.25) is 0 Å². The van der Waals surface area contributed by atoms with E-state index in [1.54, 1.807) is 18.2 Å². The van der Waals surface area contributed by atoms with Crippen molar-refractivity contribution >= 4 is 27.6 Å². The van der Waals surface area contributed by atoms with Gasteiger partial charge in [0.25, 0.3) is 0 Å². The average Bonchev–Trinajstić information content (AvgIpc) is 2.81. The van der Waals surface area contributed by atoms with Crippen molar-refractivity contribution in [1.82, 2.24) is 0 Å². The molecule has 5 heteroatoms. The van der Waals surface area contributed by atoms with Gasteiger partial charge in [-0.3, -0.25) is 0 Å². The first kappa shape index (κ1) is 13.4. The van der Waals surface area contributed by atoms with Crippen LogP contribution in [-0.2, 0) is 4.74 Å². The molecule has 0 spiro atoms. The minimum absolute atomic E-state index is 0.282. The molecule has 1 heterocycles. The molecule has 1 atom stereocenters. The molecule has 0 aromatic heterocycles. The molecule has 0 saturated carbocycles. The van der Waals surface area contributed by atoms with Crippen LogP contribution in [0.2, 0.25) is 0 Å². The molecule has 2 N–H and O–H groups in total. The third kappa shape index (κ3) is 3.46. The van der Waals surface area contributed by atoms with Crippen LogP contribution in [0.5, 0.6) is 0 Å². The van der Waals surface area contributed by atoms with Crippen LogP contribution in [-0.4, -0.2) is 30.8 Å². The highest BCUT2D eigenvalue weighted by Crippen LogP contribution is 2.22. The number of anilines is 1. The van der Waals surface area contributed by atoms with Crippen molar-refractivity contribution in [1.29, 1.82) is 0 Å². The summed E-state index contributed by atoms with van der Waals surface area (Å²) in [6.07, 6.45) is 2.22. The summed E-state index contributed by atoms with van der Waals surface area (Å²) in [4.78, 5) is 10.9. The second kappa shape index (κ2) is 6.20. The molecule has 1 saturated heterocycles. The number of aromatic carboxylic acids is 1. The van der Waals surface area contributed by atoms with Gasteiger partial charge in [0.05, 0.1) is 5.56 Å². The molecule has 98 valence electrons. The first-order valence-corrected chi connectivity index (χ1v) is 6.80. The highest BCUT2D eigenvalue weighted by molar-refractivity contribution is 9.10. The predicted octanol–water partition coefficient (Wildman–Crippen LogP) is 2.99. The Morgan fingerprint density at radius 2 is 2.39 bits per heavy atom. The van der Waals surface area contributed by atoms with Crippen molar-refractivity contribution in [3.63, 3.8) is 0 Å². The molecule has 1 aromatic carbocycles. The van der Waals surface area contributed by atoms with Crippen molar-refractivity contribution < 1.29 is 14.6 Å². The second-order valence-corrected chi connectivity index (χ2v) is 5.30. The van der Waals surface area contributed by atoms with Crippen LogP contribution in [0.3, 0.4) is 0 Å². The lowest BCUT2D eigenvalue weighted by Gasteiger charge is -2.10. The van der Waals surface area contributed by atoms with Gasteiger partial charge in [-0.05, 0) is 52.9 Å². The number of rotatable bonds is 5. The third-order valence-electron chi connectivity index (χ3n) is 3.11. The molecule has 1 unspecified atom stereocenters. The molecular formula is C13H16BrNO3. The highest BCUT2D eigenvalue weighted by Gasteiger charge is 2.15. The van der Waals surface area contributed by atoms with Crippen LogP contribution < -0.4 is 5.32 Å². The summed E-state index contributed by atoms with van der Waals surface area (Å²) in [5.41, 5.74) is 1.22. The zero-order valence-corrected chi connectivity index (χ0v) is 11.6. The number of hydrogen-bond acceptors (Lipinski definition) is 3. The summed E-state index contributed by atoms with van der Waals surface area (Å²) in [5, 5.41) is 12.2. The monoisotopic (exact) mass is 313 g/mol. The van der Waals surface area contributed by atoms with Crippen molar-refractivity contribution in [3.8, 4) is 0 Å². The maximum Gasteiger partial charge on any atom is 0.336 e. The molecule has 1 aromatic rings. The van der Waals surface area contributed by atoms with Gasteiger partial charge in [-0.25, -0.2) is 4.79 Å². The molecule has 4 nitrogen and oxygen atoms in total. The third-order valence-corrected chi connectivity index (χ3v) is 3.76. The number of hydrogen-bond donors (Lipinski definition) is 2. The zero-order chi connectivity index (χ0) is 13.0. The Bertz CT molecular complexity index is 430. The number of benzene rings is 1. The summed E-state index contributed by atoms with van der Waals surface area (Å²) < 4.78 is 5.92. The first-order chi connectivity index (χ1) is 8.66. The Kier molecular flexibility index (Phi) is 4.60. The molecule has 1 aliphatic heterocycles. The summed E-state index contributed by atoms with van der Waals surface area (Å²) in [7, 11) is 0. The maximum absolute atomic E-state index is 10.9. The van der Waals surface area contributed by atoms with Gasteiger partial charge in [-0.15, -0.1) is 0 Å². The van der Waals surface area contributed by atoms with E-state index in [0.717, 1.165) is 38.3 Å². The molecule has 0 bridgehead atoms. The number of halogens is 1. The van der Waals surface area contributed by atoms with Gasteiger partial charge >= 0.3 is 5.97 Å². The Morgan fingerprint density at radius 3 is 3.00 bits per heavy atom.